The standard InChI is InChI=1S/C20H27N5O5S/c1-20(2,3)30-19(27)25-10-9-16-15(12-25)17(24(4)23-16)18(26)22-11-13-5-7-14(8-6-13)31(21,28)29/h5-8H,9-12H2,1-4H3,(H,22,26)(H2,21,28,29). The predicted molar refractivity (Wildman–Crippen MR) is 113 cm³/mol. The van der Waals surface area contributed by atoms with Crippen LogP contribution in [0.4, 0.5) is 4.79 Å². The van der Waals surface area contributed by atoms with Gasteiger partial charge in [-0.3, -0.25) is 9.48 Å². The van der Waals surface area contributed by atoms with E-state index in [1.165, 1.54) is 16.8 Å². The van der Waals surface area contributed by atoms with Gasteiger partial charge >= 0.3 is 6.09 Å². The lowest BCUT2D eigenvalue weighted by Gasteiger charge is -2.29. The number of aromatic nitrogens is 2. The summed E-state index contributed by atoms with van der Waals surface area (Å²) in [5.74, 6) is -0.335. The van der Waals surface area contributed by atoms with Gasteiger partial charge in [-0.25, -0.2) is 18.4 Å². The highest BCUT2D eigenvalue weighted by Crippen LogP contribution is 2.23. The Morgan fingerprint density at radius 2 is 1.87 bits per heavy atom. The van der Waals surface area contributed by atoms with Crippen LogP contribution >= 0.6 is 0 Å². The minimum absolute atomic E-state index is 0.00511. The van der Waals surface area contributed by atoms with Crippen LogP contribution in [0.15, 0.2) is 29.2 Å². The van der Waals surface area contributed by atoms with Crippen molar-refractivity contribution in [3.05, 3.63) is 46.8 Å². The van der Waals surface area contributed by atoms with Gasteiger partial charge in [-0.05, 0) is 38.5 Å². The van der Waals surface area contributed by atoms with Gasteiger partial charge in [-0.2, -0.15) is 5.10 Å². The first-order valence-corrected chi connectivity index (χ1v) is 11.3. The molecule has 1 aromatic heterocycles. The molecule has 0 atom stereocenters. The fraction of sp³-hybridized carbons (Fsp3) is 0.450. The quantitative estimate of drug-likeness (QED) is 0.722. The zero-order chi connectivity index (χ0) is 23.0. The molecule has 0 fully saturated rings. The summed E-state index contributed by atoms with van der Waals surface area (Å²) in [4.78, 5) is 26.9. The number of hydrogen-bond donors (Lipinski definition) is 2. The molecule has 1 aliphatic heterocycles. The minimum Gasteiger partial charge on any atom is -0.444 e. The molecule has 2 amide bonds. The number of fused-ring (bicyclic) bond motifs is 1. The van der Waals surface area contributed by atoms with Crippen LogP contribution in [0.5, 0.6) is 0 Å². The summed E-state index contributed by atoms with van der Waals surface area (Å²) in [7, 11) is -2.08. The first kappa shape index (κ1) is 22.8. The van der Waals surface area contributed by atoms with Gasteiger partial charge in [0.1, 0.15) is 11.3 Å². The number of amides is 2. The molecule has 1 aliphatic rings. The Balaban J connectivity index is 1.72. The van der Waals surface area contributed by atoms with E-state index in [-0.39, 0.29) is 23.9 Å². The second-order valence-corrected chi connectivity index (χ2v) is 9.98. The lowest BCUT2D eigenvalue weighted by atomic mass is 10.1. The van der Waals surface area contributed by atoms with Gasteiger partial charge in [0.2, 0.25) is 10.0 Å². The van der Waals surface area contributed by atoms with Crippen LogP contribution in [0.3, 0.4) is 0 Å². The average Bonchev–Trinajstić information content (AvgIpc) is 2.99. The van der Waals surface area contributed by atoms with Crippen LogP contribution in [0.1, 0.15) is 48.1 Å². The van der Waals surface area contributed by atoms with Crippen LogP contribution in [0, 0.1) is 0 Å². The van der Waals surface area contributed by atoms with E-state index in [1.807, 2.05) is 0 Å². The third-order valence-electron chi connectivity index (χ3n) is 4.77. The molecular formula is C20H27N5O5S. The molecule has 0 saturated heterocycles. The SMILES string of the molecule is Cn1nc2c(c1C(=O)NCc1ccc(S(N)(=O)=O)cc1)CN(C(=O)OC(C)(C)C)CC2. The number of nitrogens with two attached hydrogens (primary N) is 1. The Hall–Kier alpha value is -2.92. The molecule has 0 spiro atoms. The maximum Gasteiger partial charge on any atom is 0.410 e. The molecule has 11 heteroatoms. The second kappa shape index (κ2) is 8.31. The lowest BCUT2D eigenvalue weighted by molar-refractivity contribution is 0.0222. The zero-order valence-electron chi connectivity index (χ0n) is 18.0. The topological polar surface area (TPSA) is 137 Å². The Bertz CT molecular complexity index is 1100. The number of carbonyl (C=O) groups excluding carboxylic acids is 2. The number of nitrogens with one attached hydrogen (secondary N) is 1. The van der Waals surface area contributed by atoms with E-state index in [0.29, 0.717) is 29.8 Å². The highest BCUT2D eigenvalue weighted by molar-refractivity contribution is 7.89. The number of sulfonamides is 1. The summed E-state index contributed by atoms with van der Waals surface area (Å²) >= 11 is 0. The molecular weight excluding hydrogens is 422 g/mol. The van der Waals surface area contributed by atoms with Gasteiger partial charge < -0.3 is 15.0 Å². The van der Waals surface area contributed by atoms with Gasteiger partial charge in [-0.15, -0.1) is 0 Å². The summed E-state index contributed by atoms with van der Waals surface area (Å²) in [5.41, 5.74) is 1.97. The van der Waals surface area contributed by atoms with Gasteiger partial charge in [-0.1, -0.05) is 12.1 Å². The smallest absolute Gasteiger partial charge is 0.410 e. The van der Waals surface area contributed by atoms with E-state index in [2.05, 4.69) is 10.4 Å². The molecule has 0 aliphatic carbocycles. The molecule has 0 unspecified atom stereocenters. The van der Waals surface area contributed by atoms with Crippen LogP contribution in [-0.2, 0) is 41.3 Å². The number of carbonyl (C=O) groups is 2. The maximum absolute atomic E-state index is 12.9. The van der Waals surface area contributed by atoms with E-state index < -0.39 is 21.7 Å². The van der Waals surface area contributed by atoms with Crippen molar-refractivity contribution in [1.29, 1.82) is 0 Å². The summed E-state index contributed by atoms with van der Waals surface area (Å²) < 4.78 is 29.7. The largest absolute Gasteiger partial charge is 0.444 e. The number of hydrogen-bond acceptors (Lipinski definition) is 6. The normalized spacial score (nSPS) is 14.2. The number of rotatable bonds is 4. The van der Waals surface area contributed by atoms with Crippen molar-refractivity contribution >= 4 is 22.0 Å². The molecule has 3 rings (SSSR count). The molecule has 10 nitrogen and oxygen atoms in total. The van der Waals surface area contributed by atoms with Gasteiger partial charge in [0.25, 0.3) is 5.91 Å². The van der Waals surface area contributed by atoms with Gasteiger partial charge in [0.15, 0.2) is 0 Å². The Kier molecular flexibility index (Phi) is 6.10. The molecule has 31 heavy (non-hydrogen) atoms. The lowest BCUT2D eigenvalue weighted by Crippen LogP contribution is -2.40. The highest BCUT2D eigenvalue weighted by atomic mass is 32.2. The summed E-state index contributed by atoms with van der Waals surface area (Å²) in [6.45, 7) is 6.32. The Labute approximate surface area is 181 Å². The highest BCUT2D eigenvalue weighted by Gasteiger charge is 2.31. The Morgan fingerprint density at radius 3 is 2.45 bits per heavy atom. The predicted octanol–water partition coefficient (Wildman–Crippen LogP) is 1.29. The number of primary sulfonamides is 1. The van der Waals surface area contributed by atoms with Crippen LogP contribution in [-0.4, -0.2) is 47.2 Å². The average molecular weight is 450 g/mol. The molecule has 1 aromatic carbocycles. The van der Waals surface area contributed by atoms with Crippen molar-refractivity contribution in [1.82, 2.24) is 20.0 Å². The Morgan fingerprint density at radius 1 is 1.23 bits per heavy atom. The van der Waals surface area contributed by atoms with E-state index >= 15 is 0 Å². The van der Waals surface area contributed by atoms with E-state index in [9.17, 15) is 18.0 Å². The van der Waals surface area contributed by atoms with Crippen LogP contribution < -0.4 is 10.5 Å². The van der Waals surface area contributed by atoms with Crippen molar-refractivity contribution in [2.75, 3.05) is 6.54 Å². The number of aryl methyl sites for hydroxylation is 1. The molecule has 168 valence electrons. The molecule has 3 N–H and O–H groups in total. The molecule has 2 heterocycles. The number of benzene rings is 1. The van der Waals surface area contributed by atoms with E-state index in [1.54, 1.807) is 44.9 Å². The minimum atomic E-state index is -3.77. The summed E-state index contributed by atoms with van der Waals surface area (Å²) in [6.07, 6.45) is 0.105. The third kappa shape index (κ3) is 5.42. The first-order valence-electron chi connectivity index (χ1n) is 9.78. The fourth-order valence-electron chi connectivity index (χ4n) is 3.33. The second-order valence-electron chi connectivity index (χ2n) is 8.42. The van der Waals surface area contributed by atoms with Crippen molar-refractivity contribution in [2.45, 2.75) is 50.8 Å². The van der Waals surface area contributed by atoms with Crippen molar-refractivity contribution in [3.63, 3.8) is 0 Å². The molecule has 0 radical (unpaired) electrons. The number of nitrogens with zero attached hydrogens (tertiary/aromatic N) is 3. The molecule has 2 aromatic rings. The summed E-state index contributed by atoms with van der Waals surface area (Å²) in [5, 5.41) is 12.3. The van der Waals surface area contributed by atoms with E-state index in [4.69, 9.17) is 9.88 Å². The molecule has 0 saturated carbocycles. The van der Waals surface area contributed by atoms with E-state index in [0.717, 1.165) is 5.69 Å². The third-order valence-corrected chi connectivity index (χ3v) is 5.70. The fourth-order valence-corrected chi connectivity index (χ4v) is 3.85. The zero-order valence-corrected chi connectivity index (χ0v) is 18.8. The summed E-state index contributed by atoms with van der Waals surface area (Å²) in [6, 6.07) is 5.95. The maximum atomic E-state index is 12.9. The van der Waals surface area contributed by atoms with Crippen molar-refractivity contribution in [3.8, 4) is 0 Å². The molecule has 0 bridgehead atoms. The van der Waals surface area contributed by atoms with Crippen LogP contribution in [0.25, 0.3) is 0 Å². The first-order chi connectivity index (χ1) is 14.3. The van der Waals surface area contributed by atoms with Gasteiger partial charge in [0, 0.05) is 32.1 Å². The van der Waals surface area contributed by atoms with Crippen molar-refractivity contribution in [2.24, 2.45) is 12.2 Å². The van der Waals surface area contributed by atoms with Crippen molar-refractivity contribution < 1.29 is 22.7 Å². The monoisotopic (exact) mass is 449 g/mol. The number of ether oxygens (including phenoxy) is 1. The van der Waals surface area contributed by atoms with Crippen LogP contribution in [0.2, 0.25) is 0 Å². The van der Waals surface area contributed by atoms with Gasteiger partial charge in [0.05, 0.1) is 17.1 Å².